The fourth-order valence-corrected chi connectivity index (χ4v) is 9.10. The van der Waals surface area contributed by atoms with Gasteiger partial charge >= 0.3 is 0 Å². The molecule has 5 heteroatoms. The van der Waals surface area contributed by atoms with Crippen LogP contribution < -0.4 is 0 Å². The Labute approximate surface area is 254 Å². The maximum Gasteiger partial charge on any atom is 0.101 e. The summed E-state index contributed by atoms with van der Waals surface area (Å²) in [5.74, 6) is 0. The van der Waals surface area contributed by atoms with Gasteiger partial charge in [0.05, 0.1) is 43.3 Å². The van der Waals surface area contributed by atoms with Gasteiger partial charge in [0.25, 0.3) is 0 Å². The number of aromatic nitrogens is 1. The van der Waals surface area contributed by atoms with Crippen molar-refractivity contribution in [3.05, 3.63) is 126 Å². The lowest BCUT2D eigenvalue weighted by Gasteiger charge is -2.10. The molecule has 3 aromatic heterocycles. The van der Waals surface area contributed by atoms with Crippen molar-refractivity contribution in [1.29, 1.82) is 10.5 Å². The predicted molar refractivity (Wildman–Crippen MR) is 181 cm³/mol. The van der Waals surface area contributed by atoms with Crippen LogP contribution in [-0.4, -0.2) is 4.57 Å². The van der Waals surface area contributed by atoms with Crippen molar-refractivity contribution in [1.82, 2.24) is 4.57 Å². The molecule has 0 bridgehead atoms. The van der Waals surface area contributed by atoms with Gasteiger partial charge in [0.1, 0.15) is 6.07 Å². The number of nitrogens with zero attached hydrogens (tertiary/aromatic N) is 3. The number of benzene rings is 6. The summed E-state index contributed by atoms with van der Waals surface area (Å²) in [6.45, 7) is 0. The monoisotopic (exact) mass is 581 g/mol. The topological polar surface area (TPSA) is 52.5 Å². The van der Waals surface area contributed by atoms with Crippen molar-refractivity contribution in [2.75, 3.05) is 0 Å². The van der Waals surface area contributed by atoms with E-state index < -0.39 is 0 Å². The maximum absolute atomic E-state index is 10.2. The van der Waals surface area contributed by atoms with E-state index in [9.17, 15) is 10.5 Å². The number of rotatable bonds is 2. The van der Waals surface area contributed by atoms with Crippen LogP contribution in [-0.2, 0) is 0 Å². The largest absolute Gasteiger partial charge is 0.308 e. The van der Waals surface area contributed by atoms with Gasteiger partial charge in [-0.25, -0.2) is 0 Å². The predicted octanol–water partition coefficient (Wildman–Crippen LogP) is 10.9. The van der Waals surface area contributed by atoms with E-state index in [-0.39, 0.29) is 0 Å². The molecule has 6 aromatic carbocycles. The van der Waals surface area contributed by atoms with Crippen LogP contribution in [0, 0.1) is 22.7 Å². The van der Waals surface area contributed by atoms with E-state index in [1.807, 2.05) is 29.5 Å². The molecule has 0 aliphatic heterocycles. The third kappa shape index (κ3) is 3.32. The van der Waals surface area contributed by atoms with Gasteiger partial charge in [-0.1, -0.05) is 72.8 Å². The standard InChI is InChI=1S/C38H19N3S2/c39-20-22-15-17-25-24-7-1-3-11-30(24)41(32(25)19-22)31-12-5-10-29-36-27(18-16-23(21-40)37(36)43-38(29)31)26-9-6-14-34-35(26)28-8-2-4-13-33(28)42-34/h1-19H. The highest BCUT2D eigenvalue weighted by Crippen LogP contribution is 2.48. The van der Waals surface area contributed by atoms with Crippen LogP contribution in [0.2, 0.25) is 0 Å². The molecule has 0 amide bonds. The second kappa shape index (κ2) is 9.02. The summed E-state index contributed by atoms with van der Waals surface area (Å²) in [6.07, 6.45) is 0. The van der Waals surface area contributed by atoms with Crippen LogP contribution in [0.15, 0.2) is 115 Å². The van der Waals surface area contributed by atoms with Crippen molar-refractivity contribution >= 4 is 84.8 Å². The molecule has 0 spiro atoms. The molecule has 0 aliphatic rings. The van der Waals surface area contributed by atoms with Gasteiger partial charge in [-0.05, 0) is 53.6 Å². The first-order valence-corrected chi connectivity index (χ1v) is 15.6. The van der Waals surface area contributed by atoms with E-state index in [4.69, 9.17) is 0 Å². The van der Waals surface area contributed by atoms with Gasteiger partial charge in [0.15, 0.2) is 0 Å². The van der Waals surface area contributed by atoms with Crippen molar-refractivity contribution in [2.45, 2.75) is 0 Å². The van der Waals surface area contributed by atoms with Gasteiger partial charge in [-0.3, -0.25) is 0 Å². The molecule has 43 heavy (non-hydrogen) atoms. The second-order valence-electron chi connectivity index (χ2n) is 10.7. The summed E-state index contributed by atoms with van der Waals surface area (Å²) >= 11 is 3.50. The van der Waals surface area contributed by atoms with E-state index in [2.05, 4.69) is 114 Å². The summed E-state index contributed by atoms with van der Waals surface area (Å²) in [7, 11) is 0. The molecule has 3 nitrogen and oxygen atoms in total. The van der Waals surface area contributed by atoms with Crippen LogP contribution in [0.5, 0.6) is 0 Å². The van der Waals surface area contributed by atoms with E-state index in [1.165, 1.54) is 25.7 Å². The molecule has 0 N–H and O–H groups in total. The minimum atomic E-state index is 0.630. The number of para-hydroxylation sites is 1. The van der Waals surface area contributed by atoms with Gasteiger partial charge in [0.2, 0.25) is 0 Å². The summed E-state index contributed by atoms with van der Waals surface area (Å²) in [5, 5.41) is 27.0. The molecule has 198 valence electrons. The normalized spacial score (nSPS) is 11.7. The average molecular weight is 582 g/mol. The molecule has 0 saturated carbocycles. The van der Waals surface area contributed by atoms with Gasteiger partial charge in [0, 0.05) is 41.7 Å². The molecule has 3 heterocycles. The first-order chi connectivity index (χ1) is 21.2. The lowest BCUT2D eigenvalue weighted by molar-refractivity contribution is 1.20. The molecule has 0 radical (unpaired) electrons. The summed E-state index contributed by atoms with van der Waals surface area (Å²) < 4.78 is 6.93. The number of hydrogen-bond donors (Lipinski definition) is 0. The Morgan fingerprint density at radius 1 is 0.512 bits per heavy atom. The number of hydrogen-bond acceptors (Lipinski definition) is 4. The van der Waals surface area contributed by atoms with Gasteiger partial charge < -0.3 is 4.57 Å². The summed E-state index contributed by atoms with van der Waals surface area (Å²) in [5.41, 5.74) is 6.78. The third-order valence-electron chi connectivity index (χ3n) is 8.48. The molecule has 0 saturated heterocycles. The Morgan fingerprint density at radius 3 is 2.14 bits per heavy atom. The lowest BCUT2D eigenvalue weighted by Crippen LogP contribution is -1.94. The minimum Gasteiger partial charge on any atom is -0.308 e. The molecule has 0 aliphatic carbocycles. The average Bonchev–Trinajstić information content (AvgIpc) is 3.74. The van der Waals surface area contributed by atoms with E-state index >= 15 is 0 Å². The Balaban J connectivity index is 1.43. The third-order valence-corrected chi connectivity index (χ3v) is 10.9. The van der Waals surface area contributed by atoms with Crippen molar-refractivity contribution in [2.24, 2.45) is 0 Å². The second-order valence-corrected chi connectivity index (χ2v) is 12.8. The lowest BCUT2D eigenvalue weighted by atomic mass is 9.94. The highest BCUT2D eigenvalue weighted by molar-refractivity contribution is 7.27. The van der Waals surface area contributed by atoms with Crippen molar-refractivity contribution in [3.63, 3.8) is 0 Å². The van der Waals surface area contributed by atoms with Crippen molar-refractivity contribution in [3.8, 4) is 29.0 Å². The van der Waals surface area contributed by atoms with E-state index in [0.29, 0.717) is 11.1 Å². The number of fused-ring (bicyclic) bond motifs is 9. The number of thiophene rings is 2. The fraction of sp³-hybridized carbons (Fsp3) is 0. The molecule has 0 fully saturated rings. The summed E-state index contributed by atoms with van der Waals surface area (Å²) in [4.78, 5) is 0. The maximum atomic E-state index is 10.2. The van der Waals surface area contributed by atoms with Gasteiger partial charge in [-0.2, -0.15) is 10.5 Å². The minimum absolute atomic E-state index is 0.630. The number of nitriles is 2. The molecular formula is C38H19N3S2. The first kappa shape index (κ1) is 24.2. The molecular weight excluding hydrogens is 563 g/mol. The van der Waals surface area contributed by atoms with Crippen LogP contribution in [0.25, 0.3) is 79.0 Å². The molecule has 0 unspecified atom stereocenters. The van der Waals surface area contributed by atoms with Gasteiger partial charge in [-0.15, -0.1) is 22.7 Å². The zero-order valence-corrected chi connectivity index (χ0v) is 24.3. The van der Waals surface area contributed by atoms with Crippen LogP contribution in [0.3, 0.4) is 0 Å². The SMILES string of the molecule is N#Cc1ccc2c3ccccc3n(-c3cccc4c3sc3c(C#N)ccc(-c5cccc6sc7ccccc7c56)c34)c2c1. The highest BCUT2D eigenvalue weighted by Gasteiger charge is 2.21. The van der Waals surface area contributed by atoms with E-state index in [0.717, 1.165) is 53.2 Å². The van der Waals surface area contributed by atoms with Crippen LogP contribution >= 0.6 is 22.7 Å². The Hall–Kier alpha value is -5.46. The van der Waals surface area contributed by atoms with Crippen LogP contribution in [0.4, 0.5) is 0 Å². The van der Waals surface area contributed by atoms with Crippen LogP contribution in [0.1, 0.15) is 11.1 Å². The Bertz CT molecular complexity index is 2710. The quantitative estimate of drug-likeness (QED) is 0.204. The van der Waals surface area contributed by atoms with E-state index in [1.54, 1.807) is 11.3 Å². The Kier molecular flexibility index (Phi) is 5.07. The zero-order valence-electron chi connectivity index (χ0n) is 22.6. The molecule has 0 atom stereocenters. The molecule has 9 aromatic rings. The molecule has 9 rings (SSSR count). The first-order valence-electron chi connectivity index (χ1n) is 14.0. The summed E-state index contributed by atoms with van der Waals surface area (Å²) in [6, 6.07) is 44.8. The van der Waals surface area contributed by atoms with Crippen molar-refractivity contribution < 1.29 is 0 Å². The Morgan fingerprint density at radius 2 is 1.26 bits per heavy atom. The fourth-order valence-electron chi connectivity index (χ4n) is 6.67. The highest BCUT2D eigenvalue weighted by atomic mass is 32.1. The zero-order chi connectivity index (χ0) is 28.7. The smallest absolute Gasteiger partial charge is 0.101 e.